The maximum Gasteiger partial charge on any atom is 0.126 e. The van der Waals surface area contributed by atoms with Crippen molar-refractivity contribution in [2.75, 3.05) is 14.2 Å². The number of rotatable bonds is 4. The molecule has 0 saturated carbocycles. The lowest BCUT2D eigenvalue weighted by molar-refractivity contribution is 0.416. The second kappa shape index (κ2) is 6.01. The summed E-state index contributed by atoms with van der Waals surface area (Å²) in [6.07, 6.45) is 0. The molecule has 2 nitrogen and oxygen atoms in total. The zero-order valence-corrected chi connectivity index (χ0v) is 11.7. The van der Waals surface area contributed by atoms with Crippen molar-refractivity contribution in [2.24, 2.45) is 0 Å². The van der Waals surface area contributed by atoms with Gasteiger partial charge in [-0.3, -0.25) is 0 Å². The molecule has 0 aliphatic heterocycles. The van der Waals surface area contributed by atoms with Crippen LogP contribution in [-0.2, 0) is 0 Å². The van der Waals surface area contributed by atoms with Crippen LogP contribution in [0.15, 0.2) is 36.4 Å². The largest absolute Gasteiger partial charge is 0.496 e. The lowest BCUT2D eigenvalue weighted by atomic mass is 9.99. The van der Waals surface area contributed by atoms with E-state index in [0.29, 0.717) is 16.9 Å². The number of hydrogen-bond acceptors (Lipinski definition) is 2. The molecule has 0 amide bonds. The highest BCUT2D eigenvalue weighted by molar-refractivity contribution is 5.71. The minimum absolute atomic E-state index is 0.137. The number of nitrogens with one attached hydrogen (secondary N) is 1. The molecule has 2 aromatic carbocycles. The first kappa shape index (κ1) is 14.5. The van der Waals surface area contributed by atoms with Gasteiger partial charge in [0.15, 0.2) is 0 Å². The molecule has 0 spiro atoms. The van der Waals surface area contributed by atoms with Crippen LogP contribution in [0.3, 0.4) is 0 Å². The Labute approximate surface area is 117 Å². The minimum atomic E-state index is -0.603. The van der Waals surface area contributed by atoms with Crippen molar-refractivity contribution >= 4 is 0 Å². The molecule has 0 heterocycles. The Morgan fingerprint density at radius 2 is 1.70 bits per heavy atom. The van der Waals surface area contributed by atoms with Crippen LogP contribution in [0.4, 0.5) is 8.78 Å². The number of benzene rings is 2. The quantitative estimate of drug-likeness (QED) is 0.914. The first-order chi connectivity index (χ1) is 9.55. The van der Waals surface area contributed by atoms with Crippen molar-refractivity contribution in [3.05, 3.63) is 53.6 Å². The Morgan fingerprint density at radius 3 is 2.25 bits per heavy atom. The van der Waals surface area contributed by atoms with Gasteiger partial charge in [0, 0.05) is 17.7 Å². The zero-order chi connectivity index (χ0) is 14.7. The fourth-order valence-electron chi connectivity index (χ4n) is 2.10. The van der Waals surface area contributed by atoms with Gasteiger partial charge in [-0.1, -0.05) is 6.07 Å². The van der Waals surface area contributed by atoms with E-state index < -0.39 is 11.6 Å². The SMILES string of the molecule is CNC(C)c1ccc(OC)c(-c2cc(F)cc(F)c2)c1. The Kier molecular flexibility index (Phi) is 4.35. The highest BCUT2D eigenvalue weighted by Gasteiger charge is 2.12. The molecular formula is C16H17F2NO. The number of halogens is 2. The van der Waals surface area contributed by atoms with Crippen molar-refractivity contribution in [3.63, 3.8) is 0 Å². The summed E-state index contributed by atoms with van der Waals surface area (Å²) >= 11 is 0. The minimum Gasteiger partial charge on any atom is -0.496 e. The summed E-state index contributed by atoms with van der Waals surface area (Å²) in [6, 6.07) is 9.21. The molecule has 0 fully saturated rings. The smallest absolute Gasteiger partial charge is 0.126 e. The standard InChI is InChI=1S/C16H17F2NO/c1-10(19-2)11-4-5-16(20-3)15(8-11)12-6-13(17)9-14(18)7-12/h4-10,19H,1-3H3. The van der Waals surface area contributed by atoms with Gasteiger partial charge in [-0.2, -0.15) is 0 Å². The molecular weight excluding hydrogens is 260 g/mol. The van der Waals surface area contributed by atoms with Crippen molar-refractivity contribution in [3.8, 4) is 16.9 Å². The summed E-state index contributed by atoms with van der Waals surface area (Å²) in [5, 5.41) is 3.13. The molecule has 0 bridgehead atoms. The van der Waals surface area contributed by atoms with Gasteiger partial charge in [0.25, 0.3) is 0 Å². The van der Waals surface area contributed by atoms with E-state index in [4.69, 9.17) is 4.74 Å². The fraction of sp³-hybridized carbons (Fsp3) is 0.250. The van der Waals surface area contributed by atoms with Crippen LogP contribution in [0.1, 0.15) is 18.5 Å². The van der Waals surface area contributed by atoms with Gasteiger partial charge in [-0.25, -0.2) is 8.78 Å². The number of methoxy groups -OCH3 is 1. The average Bonchev–Trinajstić information content (AvgIpc) is 2.44. The maximum atomic E-state index is 13.4. The molecule has 20 heavy (non-hydrogen) atoms. The van der Waals surface area contributed by atoms with Crippen molar-refractivity contribution in [2.45, 2.75) is 13.0 Å². The van der Waals surface area contributed by atoms with Gasteiger partial charge < -0.3 is 10.1 Å². The highest BCUT2D eigenvalue weighted by atomic mass is 19.1. The van der Waals surface area contributed by atoms with E-state index in [1.807, 2.05) is 26.1 Å². The third kappa shape index (κ3) is 2.96. The molecule has 4 heteroatoms. The third-order valence-electron chi connectivity index (χ3n) is 3.33. The topological polar surface area (TPSA) is 21.3 Å². The van der Waals surface area contributed by atoms with E-state index in [1.165, 1.54) is 19.2 Å². The molecule has 1 atom stereocenters. The molecule has 0 aliphatic rings. The average molecular weight is 277 g/mol. The van der Waals surface area contributed by atoms with Gasteiger partial charge in [0.2, 0.25) is 0 Å². The van der Waals surface area contributed by atoms with Crippen LogP contribution in [-0.4, -0.2) is 14.2 Å². The lowest BCUT2D eigenvalue weighted by Crippen LogP contribution is -2.12. The molecule has 2 rings (SSSR count). The Morgan fingerprint density at radius 1 is 1.05 bits per heavy atom. The molecule has 1 N–H and O–H groups in total. The lowest BCUT2D eigenvalue weighted by Gasteiger charge is -2.15. The third-order valence-corrected chi connectivity index (χ3v) is 3.33. The molecule has 106 valence electrons. The highest BCUT2D eigenvalue weighted by Crippen LogP contribution is 2.33. The van der Waals surface area contributed by atoms with Crippen LogP contribution in [0, 0.1) is 11.6 Å². The summed E-state index contributed by atoms with van der Waals surface area (Å²) in [4.78, 5) is 0. The Hall–Kier alpha value is -1.94. The predicted molar refractivity (Wildman–Crippen MR) is 75.8 cm³/mol. The summed E-state index contributed by atoms with van der Waals surface area (Å²) in [5.41, 5.74) is 2.16. The normalized spacial score (nSPS) is 12.2. The van der Waals surface area contributed by atoms with Crippen LogP contribution in [0.2, 0.25) is 0 Å². The van der Waals surface area contributed by atoms with Gasteiger partial charge in [-0.15, -0.1) is 0 Å². The van der Waals surface area contributed by atoms with Crippen molar-refractivity contribution in [1.29, 1.82) is 0 Å². The Bertz CT molecular complexity index is 593. The van der Waals surface area contributed by atoms with E-state index >= 15 is 0 Å². The summed E-state index contributed by atoms with van der Waals surface area (Å²) in [7, 11) is 3.39. The van der Waals surface area contributed by atoms with E-state index in [-0.39, 0.29) is 6.04 Å². The number of hydrogen-bond donors (Lipinski definition) is 1. The van der Waals surface area contributed by atoms with Crippen LogP contribution in [0.25, 0.3) is 11.1 Å². The molecule has 2 aromatic rings. The van der Waals surface area contributed by atoms with Crippen LogP contribution in [0.5, 0.6) is 5.75 Å². The van der Waals surface area contributed by atoms with Crippen LogP contribution >= 0.6 is 0 Å². The fourth-order valence-corrected chi connectivity index (χ4v) is 2.10. The summed E-state index contributed by atoms with van der Waals surface area (Å²) in [6.45, 7) is 2.01. The van der Waals surface area contributed by atoms with Gasteiger partial charge in [0.1, 0.15) is 17.4 Å². The zero-order valence-electron chi connectivity index (χ0n) is 11.7. The van der Waals surface area contributed by atoms with E-state index in [1.54, 1.807) is 6.07 Å². The predicted octanol–water partition coefficient (Wildman–Crippen LogP) is 3.92. The van der Waals surface area contributed by atoms with Gasteiger partial charge >= 0.3 is 0 Å². The maximum absolute atomic E-state index is 13.4. The monoisotopic (exact) mass is 277 g/mol. The number of ether oxygens (including phenoxy) is 1. The second-order valence-electron chi connectivity index (χ2n) is 4.63. The first-order valence-corrected chi connectivity index (χ1v) is 6.37. The van der Waals surface area contributed by atoms with Crippen molar-refractivity contribution in [1.82, 2.24) is 5.32 Å². The second-order valence-corrected chi connectivity index (χ2v) is 4.63. The molecule has 0 aliphatic carbocycles. The summed E-state index contributed by atoms with van der Waals surface area (Å²) in [5.74, 6) is -0.620. The molecule has 0 saturated heterocycles. The first-order valence-electron chi connectivity index (χ1n) is 6.37. The molecule has 1 unspecified atom stereocenters. The van der Waals surface area contributed by atoms with E-state index in [2.05, 4.69) is 5.32 Å². The van der Waals surface area contributed by atoms with Crippen LogP contribution < -0.4 is 10.1 Å². The van der Waals surface area contributed by atoms with E-state index in [0.717, 1.165) is 11.6 Å². The Balaban J connectivity index is 2.57. The van der Waals surface area contributed by atoms with Gasteiger partial charge in [-0.05, 0) is 49.4 Å². The molecule has 0 radical (unpaired) electrons. The van der Waals surface area contributed by atoms with E-state index in [9.17, 15) is 8.78 Å². The summed E-state index contributed by atoms with van der Waals surface area (Å²) < 4.78 is 32.0. The molecule has 0 aromatic heterocycles. The van der Waals surface area contributed by atoms with Gasteiger partial charge in [0.05, 0.1) is 7.11 Å². The van der Waals surface area contributed by atoms with Crippen molar-refractivity contribution < 1.29 is 13.5 Å².